The van der Waals surface area contributed by atoms with Crippen LogP contribution in [0.1, 0.15) is 33.8 Å². The van der Waals surface area contributed by atoms with E-state index in [0.717, 1.165) is 27.5 Å². The molecule has 1 aromatic carbocycles. The molecule has 0 aliphatic heterocycles. The first-order valence-electron chi connectivity index (χ1n) is 6.38. The molecule has 108 valence electrons. The smallest absolute Gasteiger partial charge is 0.134 e. The van der Waals surface area contributed by atoms with E-state index in [2.05, 4.69) is 5.32 Å². The molecular weight excluding hydrogens is 283 g/mol. The zero-order valence-electron chi connectivity index (χ0n) is 11.6. The van der Waals surface area contributed by atoms with Crippen LogP contribution in [0.3, 0.4) is 0 Å². The van der Waals surface area contributed by atoms with Crippen LogP contribution in [-0.2, 0) is 0 Å². The van der Waals surface area contributed by atoms with Crippen molar-refractivity contribution < 1.29 is 13.2 Å². The van der Waals surface area contributed by atoms with E-state index in [4.69, 9.17) is 0 Å². The SMILES string of the molecule is CCNC(c1cc(C)c(C)s1)c1c(F)cc(F)cc1F. The minimum atomic E-state index is -0.905. The van der Waals surface area contributed by atoms with Gasteiger partial charge in [0.05, 0.1) is 6.04 Å². The first-order valence-corrected chi connectivity index (χ1v) is 7.20. The molecule has 0 saturated carbocycles. The molecule has 0 fully saturated rings. The van der Waals surface area contributed by atoms with Gasteiger partial charge in [0.1, 0.15) is 17.5 Å². The maximum absolute atomic E-state index is 14.0. The van der Waals surface area contributed by atoms with Crippen molar-refractivity contribution in [2.24, 2.45) is 0 Å². The third kappa shape index (κ3) is 2.88. The standard InChI is InChI=1S/C15H16F3NS/c1-4-19-15(13-5-8(2)9(3)20-13)14-11(17)6-10(16)7-12(14)18/h5-7,15,19H,4H2,1-3H3. The lowest BCUT2D eigenvalue weighted by molar-refractivity contribution is 0.494. The van der Waals surface area contributed by atoms with Crippen LogP contribution in [0.2, 0.25) is 0 Å². The third-order valence-electron chi connectivity index (χ3n) is 3.21. The molecule has 1 N–H and O–H groups in total. The Bertz CT molecular complexity index is 579. The number of nitrogens with one attached hydrogen (secondary N) is 1. The molecule has 2 aromatic rings. The molecule has 1 heterocycles. The van der Waals surface area contributed by atoms with Crippen LogP contribution < -0.4 is 5.32 Å². The Morgan fingerprint density at radius 3 is 2.15 bits per heavy atom. The summed E-state index contributed by atoms with van der Waals surface area (Å²) < 4.78 is 41.0. The van der Waals surface area contributed by atoms with Gasteiger partial charge in [-0.15, -0.1) is 11.3 Å². The van der Waals surface area contributed by atoms with Gasteiger partial charge in [-0.25, -0.2) is 13.2 Å². The van der Waals surface area contributed by atoms with Crippen molar-refractivity contribution in [3.05, 3.63) is 56.5 Å². The Morgan fingerprint density at radius 2 is 1.70 bits per heavy atom. The second-order valence-corrected chi connectivity index (χ2v) is 5.95. The van der Waals surface area contributed by atoms with Crippen molar-refractivity contribution in [2.75, 3.05) is 6.54 Å². The van der Waals surface area contributed by atoms with Crippen LogP contribution in [0.25, 0.3) is 0 Å². The molecule has 5 heteroatoms. The fourth-order valence-corrected chi connectivity index (χ4v) is 3.25. The second kappa shape index (κ2) is 5.97. The molecule has 1 aromatic heterocycles. The molecule has 0 aliphatic carbocycles. The predicted octanol–water partition coefficient (Wildman–Crippen LogP) is 4.48. The Morgan fingerprint density at radius 1 is 1.10 bits per heavy atom. The van der Waals surface area contributed by atoms with Crippen molar-refractivity contribution in [3.8, 4) is 0 Å². The highest BCUT2D eigenvalue weighted by molar-refractivity contribution is 7.12. The predicted molar refractivity (Wildman–Crippen MR) is 75.6 cm³/mol. The van der Waals surface area contributed by atoms with Crippen LogP contribution >= 0.6 is 11.3 Å². The van der Waals surface area contributed by atoms with Crippen LogP contribution in [-0.4, -0.2) is 6.54 Å². The largest absolute Gasteiger partial charge is 0.306 e. The van der Waals surface area contributed by atoms with Crippen molar-refractivity contribution in [3.63, 3.8) is 0 Å². The van der Waals surface area contributed by atoms with Crippen LogP contribution in [0.4, 0.5) is 13.2 Å². The monoisotopic (exact) mass is 299 g/mol. The van der Waals surface area contributed by atoms with Crippen molar-refractivity contribution in [2.45, 2.75) is 26.8 Å². The normalized spacial score (nSPS) is 12.7. The summed E-state index contributed by atoms with van der Waals surface area (Å²) in [5.41, 5.74) is 0.949. The quantitative estimate of drug-likeness (QED) is 0.877. The van der Waals surface area contributed by atoms with Gasteiger partial charge in [0, 0.05) is 27.5 Å². The van der Waals surface area contributed by atoms with Gasteiger partial charge in [-0.2, -0.15) is 0 Å². The summed E-state index contributed by atoms with van der Waals surface area (Å²) in [6, 6.07) is 2.75. The molecule has 0 aliphatic rings. The van der Waals surface area contributed by atoms with Gasteiger partial charge in [0.25, 0.3) is 0 Å². The lowest BCUT2D eigenvalue weighted by atomic mass is 10.0. The van der Waals surface area contributed by atoms with Gasteiger partial charge in [-0.05, 0) is 32.0 Å². The van der Waals surface area contributed by atoms with Crippen LogP contribution in [0, 0.1) is 31.3 Å². The van der Waals surface area contributed by atoms with E-state index in [1.54, 1.807) is 0 Å². The summed E-state index contributed by atoms with van der Waals surface area (Å²) >= 11 is 1.49. The number of benzene rings is 1. The highest BCUT2D eigenvalue weighted by atomic mass is 32.1. The van der Waals surface area contributed by atoms with Gasteiger partial charge in [0.2, 0.25) is 0 Å². The number of thiophene rings is 1. The maximum Gasteiger partial charge on any atom is 0.134 e. The molecule has 1 unspecified atom stereocenters. The molecule has 20 heavy (non-hydrogen) atoms. The minimum absolute atomic E-state index is 0.130. The fourth-order valence-electron chi connectivity index (χ4n) is 2.12. The Kier molecular flexibility index (Phi) is 4.50. The number of aryl methyl sites for hydroxylation is 2. The average Bonchev–Trinajstić information content (AvgIpc) is 2.67. The minimum Gasteiger partial charge on any atom is -0.306 e. The van der Waals surface area contributed by atoms with Gasteiger partial charge in [0.15, 0.2) is 0 Å². The van der Waals surface area contributed by atoms with E-state index >= 15 is 0 Å². The van der Waals surface area contributed by atoms with Gasteiger partial charge < -0.3 is 5.32 Å². The lowest BCUT2D eigenvalue weighted by Gasteiger charge is -2.18. The van der Waals surface area contributed by atoms with E-state index < -0.39 is 23.5 Å². The van der Waals surface area contributed by atoms with Crippen LogP contribution in [0.5, 0.6) is 0 Å². The first-order chi connectivity index (χ1) is 9.43. The van der Waals surface area contributed by atoms with Gasteiger partial charge in [-0.1, -0.05) is 6.92 Å². The molecule has 2 rings (SSSR count). The molecule has 0 radical (unpaired) electrons. The topological polar surface area (TPSA) is 12.0 Å². The Hall–Kier alpha value is -1.33. The van der Waals surface area contributed by atoms with E-state index in [-0.39, 0.29) is 5.56 Å². The molecule has 0 spiro atoms. The van der Waals surface area contributed by atoms with E-state index in [9.17, 15) is 13.2 Å². The lowest BCUT2D eigenvalue weighted by Crippen LogP contribution is -2.23. The maximum atomic E-state index is 14.0. The summed E-state index contributed by atoms with van der Waals surface area (Å²) in [7, 11) is 0. The summed E-state index contributed by atoms with van der Waals surface area (Å²) in [6.07, 6.45) is 0. The van der Waals surface area contributed by atoms with Gasteiger partial charge >= 0.3 is 0 Å². The fraction of sp³-hybridized carbons (Fsp3) is 0.333. The van der Waals surface area contributed by atoms with Crippen LogP contribution in [0.15, 0.2) is 18.2 Å². The molecule has 1 nitrogen and oxygen atoms in total. The van der Waals surface area contributed by atoms with Crippen molar-refractivity contribution in [1.82, 2.24) is 5.32 Å². The number of halogens is 3. The molecule has 1 atom stereocenters. The summed E-state index contributed by atoms with van der Waals surface area (Å²) in [4.78, 5) is 1.93. The van der Waals surface area contributed by atoms with Crippen molar-refractivity contribution in [1.29, 1.82) is 0 Å². The second-order valence-electron chi connectivity index (χ2n) is 4.66. The molecule has 0 amide bonds. The highest BCUT2D eigenvalue weighted by Gasteiger charge is 2.24. The molecule has 0 bridgehead atoms. The first kappa shape index (κ1) is 15.1. The van der Waals surface area contributed by atoms with E-state index in [0.29, 0.717) is 6.54 Å². The molecular formula is C15H16F3NS. The highest BCUT2D eigenvalue weighted by Crippen LogP contribution is 2.33. The van der Waals surface area contributed by atoms with Crippen molar-refractivity contribution >= 4 is 11.3 Å². The zero-order valence-corrected chi connectivity index (χ0v) is 12.4. The number of hydrogen-bond acceptors (Lipinski definition) is 2. The van der Waals surface area contributed by atoms with E-state index in [1.807, 2.05) is 26.8 Å². The third-order valence-corrected chi connectivity index (χ3v) is 4.43. The Balaban J connectivity index is 2.54. The summed E-state index contributed by atoms with van der Waals surface area (Å²) in [6.45, 7) is 6.33. The number of hydrogen-bond donors (Lipinski definition) is 1. The van der Waals surface area contributed by atoms with E-state index in [1.165, 1.54) is 11.3 Å². The summed E-state index contributed by atoms with van der Waals surface area (Å²) in [5.74, 6) is -2.63. The Labute approximate surface area is 120 Å². The zero-order chi connectivity index (χ0) is 14.9. The molecule has 0 saturated heterocycles. The average molecular weight is 299 g/mol. The number of rotatable bonds is 4. The summed E-state index contributed by atoms with van der Waals surface area (Å²) in [5, 5.41) is 3.06. The van der Waals surface area contributed by atoms with Gasteiger partial charge in [-0.3, -0.25) is 0 Å².